The zero-order valence-electron chi connectivity index (χ0n) is 11.0. The van der Waals surface area contributed by atoms with Crippen LogP contribution in [-0.2, 0) is 13.2 Å². The van der Waals surface area contributed by atoms with Crippen molar-refractivity contribution in [3.05, 3.63) is 45.8 Å². The molecule has 0 amide bonds. The Morgan fingerprint density at radius 1 is 1.42 bits per heavy atom. The summed E-state index contributed by atoms with van der Waals surface area (Å²) in [6, 6.07) is 4.84. The number of aromatic nitrogens is 1. The highest BCUT2D eigenvalue weighted by atomic mass is 32.1. The van der Waals surface area contributed by atoms with Crippen LogP contribution in [-0.4, -0.2) is 16.1 Å². The summed E-state index contributed by atoms with van der Waals surface area (Å²) in [6.45, 7) is 3.06. The Morgan fingerprint density at radius 3 is 2.84 bits per heavy atom. The van der Waals surface area contributed by atoms with Crippen molar-refractivity contribution in [1.82, 2.24) is 4.98 Å². The second-order valence-electron chi connectivity index (χ2n) is 5.13. The highest BCUT2D eigenvalue weighted by molar-refractivity contribution is 7.07. The number of aryl methyl sites for hydroxylation is 1. The molecule has 0 aliphatic heterocycles. The van der Waals surface area contributed by atoms with Crippen LogP contribution in [0.3, 0.4) is 0 Å². The van der Waals surface area contributed by atoms with Crippen LogP contribution in [0.4, 0.5) is 5.82 Å². The molecular formula is C15H18N2OS. The van der Waals surface area contributed by atoms with Gasteiger partial charge in [0.1, 0.15) is 5.82 Å². The lowest BCUT2D eigenvalue weighted by Crippen LogP contribution is -2.26. The molecule has 1 N–H and O–H groups in total. The molecule has 0 atom stereocenters. The summed E-state index contributed by atoms with van der Waals surface area (Å²) in [5, 5.41) is 13.5. The quantitative estimate of drug-likeness (QED) is 0.910. The third-order valence-electron chi connectivity index (χ3n) is 3.48. The van der Waals surface area contributed by atoms with Crippen molar-refractivity contribution in [2.45, 2.75) is 39.0 Å². The van der Waals surface area contributed by atoms with Crippen LogP contribution in [0, 0.1) is 6.92 Å². The Labute approximate surface area is 117 Å². The second kappa shape index (κ2) is 5.31. The van der Waals surface area contributed by atoms with Crippen molar-refractivity contribution >= 4 is 17.2 Å². The van der Waals surface area contributed by atoms with Gasteiger partial charge in [0.05, 0.1) is 6.61 Å². The Kier molecular flexibility index (Phi) is 3.53. The summed E-state index contributed by atoms with van der Waals surface area (Å²) in [6.07, 6.45) is 4.30. The second-order valence-corrected chi connectivity index (χ2v) is 5.91. The fourth-order valence-electron chi connectivity index (χ4n) is 2.36. The van der Waals surface area contributed by atoms with Gasteiger partial charge in [0, 0.05) is 18.8 Å². The molecule has 0 radical (unpaired) electrons. The van der Waals surface area contributed by atoms with Crippen molar-refractivity contribution in [3.63, 3.8) is 0 Å². The zero-order chi connectivity index (χ0) is 13.2. The molecule has 2 aromatic heterocycles. The molecule has 0 unspecified atom stereocenters. The Hall–Kier alpha value is -1.39. The van der Waals surface area contributed by atoms with Crippen molar-refractivity contribution < 1.29 is 5.11 Å². The first-order chi connectivity index (χ1) is 9.28. The maximum atomic E-state index is 9.17. The van der Waals surface area contributed by atoms with E-state index >= 15 is 0 Å². The number of pyridine rings is 1. The minimum atomic E-state index is 0.0576. The molecule has 1 fully saturated rings. The Balaban J connectivity index is 1.87. The molecule has 1 aliphatic rings. The molecule has 0 aromatic carbocycles. The lowest BCUT2D eigenvalue weighted by molar-refractivity contribution is 0.281. The first-order valence-corrected chi connectivity index (χ1v) is 7.56. The van der Waals surface area contributed by atoms with E-state index in [2.05, 4.69) is 33.6 Å². The molecule has 2 heterocycles. The smallest absolute Gasteiger partial charge is 0.131 e. The highest BCUT2D eigenvalue weighted by Crippen LogP contribution is 2.34. The van der Waals surface area contributed by atoms with Gasteiger partial charge >= 0.3 is 0 Å². The topological polar surface area (TPSA) is 36.4 Å². The number of hydrogen-bond donors (Lipinski definition) is 1. The first kappa shape index (κ1) is 12.6. The van der Waals surface area contributed by atoms with Crippen molar-refractivity contribution in [3.8, 4) is 0 Å². The molecule has 19 heavy (non-hydrogen) atoms. The maximum absolute atomic E-state index is 9.17. The molecule has 4 heteroatoms. The van der Waals surface area contributed by atoms with Crippen LogP contribution in [0.15, 0.2) is 29.1 Å². The predicted molar refractivity (Wildman–Crippen MR) is 78.4 cm³/mol. The van der Waals surface area contributed by atoms with Crippen LogP contribution >= 0.6 is 11.3 Å². The summed E-state index contributed by atoms with van der Waals surface area (Å²) >= 11 is 1.74. The Morgan fingerprint density at radius 2 is 2.26 bits per heavy atom. The molecule has 3 rings (SSSR count). The molecular weight excluding hydrogens is 256 g/mol. The standard InChI is InChI=1S/C15H18N2OS/c1-11-6-13(9-18)7-16-15(11)17(14-2-3-14)8-12-4-5-19-10-12/h4-7,10,14,18H,2-3,8-9H2,1H3. The van der Waals surface area contributed by atoms with Gasteiger partial charge in [-0.05, 0) is 59.3 Å². The van der Waals surface area contributed by atoms with E-state index in [1.54, 1.807) is 17.5 Å². The monoisotopic (exact) mass is 274 g/mol. The van der Waals surface area contributed by atoms with Gasteiger partial charge in [-0.3, -0.25) is 0 Å². The third kappa shape index (κ3) is 2.80. The van der Waals surface area contributed by atoms with Crippen LogP contribution in [0.25, 0.3) is 0 Å². The third-order valence-corrected chi connectivity index (χ3v) is 4.21. The van der Waals surface area contributed by atoms with Gasteiger partial charge in [-0.25, -0.2) is 4.98 Å². The molecule has 0 spiro atoms. The number of rotatable bonds is 5. The molecule has 1 aliphatic carbocycles. The molecule has 100 valence electrons. The fourth-order valence-corrected chi connectivity index (χ4v) is 3.02. The predicted octanol–water partition coefficient (Wildman–Crippen LogP) is 3.11. The molecule has 2 aromatic rings. The first-order valence-electron chi connectivity index (χ1n) is 6.62. The van der Waals surface area contributed by atoms with E-state index in [-0.39, 0.29) is 6.61 Å². The van der Waals surface area contributed by atoms with Crippen molar-refractivity contribution in [1.29, 1.82) is 0 Å². The van der Waals surface area contributed by atoms with E-state index in [4.69, 9.17) is 5.11 Å². The van der Waals surface area contributed by atoms with E-state index in [1.165, 1.54) is 18.4 Å². The van der Waals surface area contributed by atoms with E-state index in [9.17, 15) is 0 Å². The number of anilines is 1. The van der Waals surface area contributed by atoms with Crippen LogP contribution in [0.2, 0.25) is 0 Å². The van der Waals surface area contributed by atoms with Gasteiger partial charge in [-0.2, -0.15) is 11.3 Å². The van der Waals surface area contributed by atoms with E-state index in [0.717, 1.165) is 23.5 Å². The molecule has 0 saturated heterocycles. The summed E-state index contributed by atoms with van der Waals surface area (Å²) in [4.78, 5) is 6.96. The number of thiophene rings is 1. The number of aliphatic hydroxyl groups is 1. The van der Waals surface area contributed by atoms with Gasteiger partial charge < -0.3 is 10.0 Å². The van der Waals surface area contributed by atoms with Gasteiger partial charge in [-0.1, -0.05) is 0 Å². The van der Waals surface area contributed by atoms with Crippen LogP contribution in [0.5, 0.6) is 0 Å². The normalized spacial score (nSPS) is 14.6. The van der Waals surface area contributed by atoms with Crippen LogP contribution in [0.1, 0.15) is 29.5 Å². The molecule has 3 nitrogen and oxygen atoms in total. The van der Waals surface area contributed by atoms with E-state index in [1.807, 2.05) is 6.07 Å². The van der Waals surface area contributed by atoms with Gasteiger partial charge in [-0.15, -0.1) is 0 Å². The van der Waals surface area contributed by atoms with Gasteiger partial charge in [0.15, 0.2) is 0 Å². The number of hydrogen-bond acceptors (Lipinski definition) is 4. The van der Waals surface area contributed by atoms with Crippen molar-refractivity contribution in [2.24, 2.45) is 0 Å². The van der Waals surface area contributed by atoms with Gasteiger partial charge in [0.25, 0.3) is 0 Å². The van der Waals surface area contributed by atoms with Crippen molar-refractivity contribution in [2.75, 3.05) is 4.90 Å². The summed E-state index contributed by atoms with van der Waals surface area (Å²) < 4.78 is 0. The SMILES string of the molecule is Cc1cc(CO)cnc1N(Cc1ccsc1)C1CC1. The minimum Gasteiger partial charge on any atom is -0.392 e. The largest absolute Gasteiger partial charge is 0.392 e. The highest BCUT2D eigenvalue weighted by Gasteiger charge is 2.30. The van der Waals surface area contributed by atoms with Gasteiger partial charge in [0.2, 0.25) is 0 Å². The van der Waals surface area contributed by atoms with E-state index in [0.29, 0.717) is 6.04 Å². The maximum Gasteiger partial charge on any atom is 0.131 e. The number of aliphatic hydroxyl groups excluding tert-OH is 1. The minimum absolute atomic E-state index is 0.0576. The van der Waals surface area contributed by atoms with E-state index < -0.39 is 0 Å². The summed E-state index contributed by atoms with van der Waals surface area (Å²) in [5.74, 6) is 1.06. The van der Waals surface area contributed by atoms with Crippen LogP contribution < -0.4 is 4.90 Å². The summed E-state index contributed by atoms with van der Waals surface area (Å²) in [5.41, 5.74) is 3.38. The summed E-state index contributed by atoms with van der Waals surface area (Å²) in [7, 11) is 0. The number of nitrogens with zero attached hydrogens (tertiary/aromatic N) is 2. The average Bonchev–Trinajstić information content (AvgIpc) is 3.14. The zero-order valence-corrected chi connectivity index (χ0v) is 11.9. The molecule has 0 bridgehead atoms. The lowest BCUT2D eigenvalue weighted by Gasteiger charge is -2.25. The molecule has 1 saturated carbocycles. The average molecular weight is 274 g/mol. The lowest BCUT2D eigenvalue weighted by atomic mass is 10.2. The fraction of sp³-hybridized carbons (Fsp3) is 0.400. The Bertz CT molecular complexity index is 549.